The molecule has 0 saturated carbocycles. The van der Waals surface area contributed by atoms with Crippen molar-refractivity contribution in [3.05, 3.63) is 63.6 Å². The van der Waals surface area contributed by atoms with Gasteiger partial charge in [-0.15, -0.1) is 0 Å². The lowest BCUT2D eigenvalue weighted by molar-refractivity contribution is -0.141. The summed E-state index contributed by atoms with van der Waals surface area (Å²) >= 11 is 12.2. The molecule has 7 nitrogen and oxygen atoms in total. The Balaban J connectivity index is 2.23. The van der Waals surface area contributed by atoms with Crippen molar-refractivity contribution in [1.29, 1.82) is 0 Å². The summed E-state index contributed by atoms with van der Waals surface area (Å²) in [5, 5.41) is 3.65. The molecule has 10 heteroatoms. The van der Waals surface area contributed by atoms with Crippen molar-refractivity contribution < 1.29 is 18.0 Å². The highest BCUT2D eigenvalue weighted by atomic mass is 35.5. The van der Waals surface area contributed by atoms with Gasteiger partial charge < -0.3 is 10.2 Å². The number of halogens is 2. The molecular weight excluding hydrogens is 521 g/mol. The minimum atomic E-state index is -3.54. The predicted molar refractivity (Wildman–Crippen MR) is 147 cm³/mol. The van der Waals surface area contributed by atoms with Gasteiger partial charge in [0.05, 0.1) is 22.0 Å². The van der Waals surface area contributed by atoms with Crippen molar-refractivity contribution in [1.82, 2.24) is 10.2 Å². The molecule has 2 aromatic carbocycles. The molecule has 0 aromatic heterocycles. The van der Waals surface area contributed by atoms with Crippen molar-refractivity contribution >= 4 is 50.7 Å². The first-order chi connectivity index (χ1) is 16.8. The first-order valence-corrected chi connectivity index (χ1v) is 14.5. The van der Waals surface area contributed by atoms with Gasteiger partial charge in [0.2, 0.25) is 21.8 Å². The normalized spacial score (nSPS) is 12.3. The molecule has 1 unspecified atom stereocenters. The molecule has 0 saturated heterocycles. The maximum atomic E-state index is 13.4. The van der Waals surface area contributed by atoms with Crippen LogP contribution in [0.4, 0.5) is 5.69 Å². The zero-order valence-electron chi connectivity index (χ0n) is 21.4. The van der Waals surface area contributed by atoms with E-state index in [0.29, 0.717) is 28.6 Å². The van der Waals surface area contributed by atoms with Crippen LogP contribution in [0.1, 0.15) is 51.2 Å². The molecule has 1 atom stereocenters. The fourth-order valence-corrected chi connectivity index (χ4v) is 5.14. The summed E-state index contributed by atoms with van der Waals surface area (Å²) in [5.74, 6) is -0.484. The number of aryl methyl sites for hydroxylation is 1. The lowest BCUT2D eigenvalue weighted by atomic mass is 10.1. The van der Waals surface area contributed by atoms with Crippen molar-refractivity contribution in [2.75, 3.05) is 17.1 Å². The number of nitrogens with one attached hydrogen (secondary N) is 1. The summed E-state index contributed by atoms with van der Waals surface area (Å²) in [4.78, 5) is 27.9. The van der Waals surface area contributed by atoms with E-state index in [2.05, 4.69) is 5.32 Å². The molecule has 2 rings (SSSR count). The van der Waals surface area contributed by atoms with Gasteiger partial charge >= 0.3 is 0 Å². The van der Waals surface area contributed by atoms with Gasteiger partial charge in [0, 0.05) is 25.6 Å². The fraction of sp³-hybridized carbons (Fsp3) is 0.462. The molecule has 0 radical (unpaired) electrons. The van der Waals surface area contributed by atoms with Gasteiger partial charge in [-0.3, -0.25) is 13.9 Å². The van der Waals surface area contributed by atoms with Crippen molar-refractivity contribution in [2.24, 2.45) is 0 Å². The van der Waals surface area contributed by atoms with Crippen LogP contribution in [0.15, 0.2) is 42.5 Å². The molecular formula is C26H35Cl2N3O4S. The van der Waals surface area contributed by atoms with E-state index >= 15 is 0 Å². The maximum absolute atomic E-state index is 13.4. The molecule has 36 heavy (non-hydrogen) atoms. The number of amides is 2. The smallest absolute Gasteiger partial charge is 0.243 e. The van der Waals surface area contributed by atoms with Crippen LogP contribution in [0, 0.1) is 6.92 Å². The quantitative estimate of drug-likeness (QED) is 0.391. The molecule has 1 N–H and O–H groups in total. The minimum absolute atomic E-state index is 0.0741. The minimum Gasteiger partial charge on any atom is -0.352 e. The Morgan fingerprint density at radius 2 is 1.67 bits per heavy atom. The molecule has 0 aliphatic carbocycles. The number of hydrogen-bond donors (Lipinski definition) is 1. The standard InChI is InChI=1S/C26H35Cl2N3O4S/c1-6-24(26(33)29-18(2)3)30(17-20-11-14-22(27)23(28)16-20)25(32)8-7-15-31(36(5,34)35)21-12-9-19(4)10-13-21/h9-14,16,18,24H,6-8,15,17H2,1-5H3,(H,29,33). The number of benzene rings is 2. The summed E-state index contributed by atoms with van der Waals surface area (Å²) in [6.45, 7) is 7.82. The summed E-state index contributed by atoms with van der Waals surface area (Å²) in [7, 11) is -3.54. The molecule has 0 spiro atoms. The van der Waals surface area contributed by atoms with Gasteiger partial charge in [0.25, 0.3) is 0 Å². The Hall–Kier alpha value is -2.29. The molecule has 2 aromatic rings. The van der Waals surface area contributed by atoms with Crippen molar-refractivity contribution in [3.8, 4) is 0 Å². The van der Waals surface area contributed by atoms with E-state index in [1.54, 1.807) is 30.3 Å². The summed E-state index contributed by atoms with van der Waals surface area (Å²) in [6.07, 6.45) is 1.93. The van der Waals surface area contributed by atoms with Crippen molar-refractivity contribution in [2.45, 2.75) is 65.6 Å². The van der Waals surface area contributed by atoms with Gasteiger partial charge in [0.1, 0.15) is 6.04 Å². The lowest BCUT2D eigenvalue weighted by Gasteiger charge is -2.31. The number of anilines is 1. The summed E-state index contributed by atoms with van der Waals surface area (Å²) < 4.78 is 26.2. The average molecular weight is 557 g/mol. The number of carbonyl (C=O) groups excluding carboxylic acids is 2. The van der Waals surface area contributed by atoms with Crippen LogP contribution in [-0.2, 0) is 26.2 Å². The number of nitrogens with zero attached hydrogens (tertiary/aromatic N) is 2. The first-order valence-electron chi connectivity index (χ1n) is 11.9. The number of sulfonamides is 1. The Morgan fingerprint density at radius 3 is 2.19 bits per heavy atom. The van der Waals surface area contributed by atoms with E-state index in [1.165, 1.54) is 9.21 Å². The highest BCUT2D eigenvalue weighted by Crippen LogP contribution is 2.25. The molecule has 0 fully saturated rings. The lowest BCUT2D eigenvalue weighted by Crippen LogP contribution is -2.50. The first kappa shape index (κ1) is 29.9. The number of rotatable bonds is 12. The third-order valence-corrected chi connectivity index (χ3v) is 7.56. The second-order valence-corrected chi connectivity index (χ2v) is 11.9. The molecule has 2 amide bonds. The predicted octanol–water partition coefficient (Wildman–Crippen LogP) is 5.18. The topological polar surface area (TPSA) is 86.8 Å². The van der Waals surface area contributed by atoms with Gasteiger partial charge in [-0.1, -0.05) is 53.9 Å². The number of hydrogen-bond acceptors (Lipinski definition) is 4. The zero-order valence-corrected chi connectivity index (χ0v) is 23.8. The Kier molecular flexibility index (Phi) is 11.1. The average Bonchev–Trinajstić information content (AvgIpc) is 2.78. The highest BCUT2D eigenvalue weighted by Gasteiger charge is 2.29. The van der Waals surface area contributed by atoms with Crippen LogP contribution < -0.4 is 9.62 Å². The number of carbonyl (C=O) groups is 2. The van der Waals surface area contributed by atoms with Gasteiger partial charge in [-0.25, -0.2) is 8.42 Å². The molecule has 0 aliphatic rings. The van der Waals surface area contributed by atoms with Crippen LogP contribution in [0.25, 0.3) is 0 Å². The fourth-order valence-electron chi connectivity index (χ4n) is 3.85. The van der Waals surface area contributed by atoms with Crippen LogP contribution >= 0.6 is 23.2 Å². The van der Waals surface area contributed by atoms with Gasteiger partial charge in [-0.05, 0) is 63.4 Å². The Morgan fingerprint density at radius 1 is 1.03 bits per heavy atom. The Bertz CT molecular complexity index is 1150. The zero-order chi connectivity index (χ0) is 27.0. The van der Waals surface area contributed by atoms with Gasteiger partial charge in [-0.2, -0.15) is 0 Å². The molecule has 0 aliphatic heterocycles. The van der Waals surface area contributed by atoms with Crippen LogP contribution in [0.5, 0.6) is 0 Å². The van der Waals surface area contributed by atoms with E-state index in [-0.39, 0.29) is 37.4 Å². The third kappa shape index (κ3) is 8.68. The van der Waals surface area contributed by atoms with Crippen molar-refractivity contribution in [3.63, 3.8) is 0 Å². The van der Waals surface area contributed by atoms with Gasteiger partial charge in [0.15, 0.2) is 0 Å². The highest BCUT2D eigenvalue weighted by molar-refractivity contribution is 7.92. The molecule has 0 bridgehead atoms. The molecule has 198 valence electrons. The SMILES string of the molecule is CCC(C(=O)NC(C)C)N(Cc1ccc(Cl)c(Cl)c1)C(=O)CCCN(c1ccc(C)cc1)S(C)(=O)=O. The second-order valence-electron chi connectivity index (χ2n) is 9.13. The van der Waals surface area contributed by atoms with E-state index in [9.17, 15) is 18.0 Å². The Labute approximate surface area is 224 Å². The second kappa shape index (κ2) is 13.3. The monoisotopic (exact) mass is 555 g/mol. The van der Waals surface area contributed by atoms with E-state index in [0.717, 1.165) is 17.4 Å². The summed E-state index contributed by atoms with van der Waals surface area (Å²) in [5.41, 5.74) is 2.31. The summed E-state index contributed by atoms with van der Waals surface area (Å²) in [6, 6.07) is 11.5. The van der Waals surface area contributed by atoms with E-state index < -0.39 is 16.1 Å². The van der Waals surface area contributed by atoms with E-state index in [1.807, 2.05) is 39.8 Å². The van der Waals surface area contributed by atoms with E-state index in [4.69, 9.17) is 23.2 Å². The van der Waals surface area contributed by atoms with Crippen LogP contribution in [-0.4, -0.2) is 50.0 Å². The largest absolute Gasteiger partial charge is 0.352 e. The maximum Gasteiger partial charge on any atom is 0.243 e. The van der Waals surface area contributed by atoms with Crippen LogP contribution in [0.2, 0.25) is 10.0 Å². The third-order valence-electron chi connectivity index (χ3n) is 5.63. The van der Waals surface area contributed by atoms with Crippen LogP contribution in [0.3, 0.4) is 0 Å². The molecule has 0 heterocycles.